The van der Waals surface area contributed by atoms with Crippen LogP contribution in [0.5, 0.6) is 0 Å². The van der Waals surface area contributed by atoms with Crippen LogP contribution in [-0.2, 0) is 0 Å². The van der Waals surface area contributed by atoms with Crippen LogP contribution in [0.15, 0.2) is 24.3 Å². The molecule has 0 unspecified atom stereocenters. The molecule has 0 aliphatic heterocycles. The van der Waals surface area contributed by atoms with Gasteiger partial charge in [-0.05, 0) is 38.5 Å². The normalized spacial score (nSPS) is 26.9. The highest BCUT2D eigenvalue weighted by Crippen LogP contribution is 2.06. The molecule has 1 aliphatic rings. The molecule has 11 heavy (non-hydrogen) atoms. The van der Waals surface area contributed by atoms with Crippen LogP contribution in [0.2, 0.25) is 0 Å². The molecule has 61 valence electrons. The Bertz CT molecular complexity index is 115. The number of allylic oxidation sites excluding steroid dienone is 4. The van der Waals surface area contributed by atoms with Crippen molar-refractivity contribution in [3.05, 3.63) is 30.7 Å². The lowest BCUT2D eigenvalue weighted by molar-refractivity contribution is 0.747. The second-order valence-corrected chi connectivity index (χ2v) is 3.00. The molecular formula is C11H17. The van der Waals surface area contributed by atoms with E-state index in [-0.39, 0.29) is 0 Å². The zero-order valence-corrected chi connectivity index (χ0v) is 7.13. The summed E-state index contributed by atoms with van der Waals surface area (Å²) in [6, 6.07) is 0. The van der Waals surface area contributed by atoms with E-state index in [1.54, 1.807) is 0 Å². The summed E-state index contributed by atoms with van der Waals surface area (Å²) in [5.41, 5.74) is 0. The molecular weight excluding hydrogens is 132 g/mol. The fourth-order valence-corrected chi connectivity index (χ4v) is 1.24. The first-order valence-corrected chi connectivity index (χ1v) is 4.63. The van der Waals surface area contributed by atoms with Gasteiger partial charge in [0.2, 0.25) is 0 Å². The quantitative estimate of drug-likeness (QED) is 0.461. The van der Waals surface area contributed by atoms with Crippen LogP contribution in [0.4, 0.5) is 0 Å². The van der Waals surface area contributed by atoms with Crippen LogP contribution in [0.3, 0.4) is 0 Å². The Morgan fingerprint density at radius 3 is 2.36 bits per heavy atom. The lowest BCUT2D eigenvalue weighted by Gasteiger charge is -1.92. The molecule has 0 fully saturated rings. The van der Waals surface area contributed by atoms with Crippen molar-refractivity contribution in [2.45, 2.75) is 38.5 Å². The Morgan fingerprint density at radius 1 is 0.636 bits per heavy atom. The van der Waals surface area contributed by atoms with Crippen molar-refractivity contribution in [2.75, 3.05) is 0 Å². The summed E-state index contributed by atoms with van der Waals surface area (Å²) < 4.78 is 0. The van der Waals surface area contributed by atoms with Crippen molar-refractivity contribution in [3.8, 4) is 0 Å². The Morgan fingerprint density at radius 2 is 1.36 bits per heavy atom. The molecule has 0 nitrogen and oxygen atoms in total. The number of hydrogen-bond donors (Lipinski definition) is 0. The molecule has 0 aromatic heterocycles. The van der Waals surface area contributed by atoms with Crippen molar-refractivity contribution in [1.29, 1.82) is 0 Å². The lowest BCUT2D eigenvalue weighted by Crippen LogP contribution is -1.74. The molecule has 0 saturated carbocycles. The van der Waals surface area contributed by atoms with Crippen LogP contribution in [-0.4, -0.2) is 0 Å². The Labute approximate surface area is 70.0 Å². The maximum Gasteiger partial charge on any atom is -0.0171 e. The molecule has 1 radical (unpaired) electrons. The largest absolute Gasteiger partial charge is 0.0885 e. The second-order valence-electron chi connectivity index (χ2n) is 3.00. The summed E-state index contributed by atoms with van der Waals surface area (Å²) in [4.78, 5) is 0. The Hall–Kier alpha value is -0.520. The van der Waals surface area contributed by atoms with Crippen LogP contribution in [0.25, 0.3) is 0 Å². The smallest absolute Gasteiger partial charge is 0.0171 e. The van der Waals surface area contributed by atoms with Gasteiger partial charge in [0.15, 0.2) is 0 Å². The van der Waals surface area contributed by atoms with Crippen LogP contribution in [0.1, 0.15) is 38.5 Å². The summed E-state index contributed by atoms with van der Waals surface area (Å²) in [6.45, 7) is 0. The first-order chi connectivity index (χ1) is 5.50. The molecule has 1 rings (SSSR count). The minimum absolute atomic E-state index is 1.20. The molecule has 0 atom stereocenters. The summed E-state index contributed by atoms with van der Waals surface area (Å²) in [5.74, 6) is 0. The topological polar surface area (TPSA) is 0 Å². The minimum Gasteiger partial charge on any atom is -0.0885 e. The van der Waals surface area contributed by atoms with Crippen molar-refractivity contribution in [1.82, 2.24) is 0 Å². The van der Waals surface area contributed by atoms with Crippen molar-refractivity contribution >= 4 is 0 Å². The third-order valence-corrected chi connectivity index (χ3v) is 1.93. The van der Waals surface area contributed by atoms with E-state index in [0.717, 1.165) is 0 Å². The van der Waals surface area contributed by atoms with Gasteiger partial charge in [0.05, 0.1) is 0 Å². The van der Waals surface area contributed by atoms with Crippen LogP contribution in [0, 0.1) is 6.42 Å². The van der Waals surface area contributed by atoms with E-state index in [4.69, 9.17) is 0 Å². The fraction of sp³-hybridized carbons (Fsp3) is 0.545. The maximum atomic E-state index is 2.32. The standard InChI is InChI=1S/C11H17/c1-2-4-6-8-10-11-9-7-5-3-1/h1-3,8,10H,4-7,9,11H2/b2-1+,10-8-. The molecule has 0 aromatic carbocycles. The van der Waals surface area contributed by atoms with E-state index in [1.807, 2.05) is 0 Å². The Balaban J connectivity index is 2.22. The van der Waals surface area contributed by atoms with Gasteiger partial charge in [-0.3, -0.25) is 0 Å². The molecule has 0 amide bonds. The predicted molar refractivity (Wildman–Crippen MR) is 50.3 cm³/mol. The fourth-order valence-electron chi connectivity index (χ4n) is 1.24. The summed E-state index contributed by atoms with van der Waals surface area (Å²) in [5, 5.41) is 0. The maximum absolute atomic E-state index is 2.32. The van der Waals surface area contributed by atoms with Crippen molar-refractivity contribution in [2.24, 2.45) is 0 Å². The SMILES string of the molecule is [CH]1/C=C/CC/C=C\CCCC1. The van der Waals surface area contributed by atoms with Gasteiger partial charge in [-0.1, -0.05) is 30.7 Å². The summed E-state index contributed by atoms with van der Waals surface area (Å²) in [7, 11) is 0. The third kappa shape index (κ3) is 4.83. The van der Waals surface area contributed by atoms with E-state index in [1.165, 1.54) is 38.5 Å². The average molecular weight is 149 g/mol. The zero-order valence-electron chi connectivity index (χ0n) is 7.13. The summed E-state index contributed by atoms with van der Waals surface area (Å²) in [6.07, 6.45) is 19.0. The minimum atomic E-state index is 1.20. The molecule has 0 aromatic rings. The zero-order chi connectivity index (χ0) is 7.78. The number of hydrogen-bond acceptors (Lipinski definition) is 0. The molecule has 0 saturated heterocycles. The lowest BCUT2D eigenvalue weighted by atomic mass is 10.1. The molecule has 0 spiro atoms. The second kappa shape index (κ2) is 6.21. The first-order valence-electron chi connectivity index (χ1n) is 4.63. The molecule has 0 heterocycles. The average Bonchev–Trinajstić information content (AvgIpc) is 2.08. The highest BCUT2D eigenvalue weighted by Gasteiger charge is 1.87. The monoisotopic (exact) mass is 149 g/mol. The summed E-state index contributed by atoms with van der Waals surface area (Å²) >= 11 is 0. The van der Waals surface area contributed by atoms with Gasteiger partial charge in [-0.25, -0.2) is 0 Å². The van der Waals surface area contributed by atoms with Gasteiger partial charge >= 0.3 is 0 Å². The first kappa shape index (κ1) is 8.58. The van der Waals surface area contributed by atoms with Gasteiger partial charge in [0.25, 0.3) is 0 Å². The van der Waals surface area contributed by atoms with Crippen molar-refractivity contribution in [3.63, 3.8) is 0 Å². The number of rotatable bonds is 0. The molecule has 0 bridgehead atoms. The third-order valence-electron chi connectivity index (χ3n) is 1.93. The highest BCUT2D eigenvalue weighted by molar-refractivity contribution is 4.96. The molecule has 0 heteroatoms. The Kier molecular flexibility index (Phi) is 4.84. The van der Waals surface area contributed by atoms with Crippen molar-refractivity contribution < 1.29 is 0 Å². The molecule has 0 N–H and O–H groups in total. The molecule has 1 aliphatic carbocycles. The van der Waals surface area contributed by atoms with E-state index >= 15 is 0 Å². The van der Waals surface area contributed by atoms with Gasteiger partial charge in [0.1, 0.15) is 0 Å². The van der Waals surface area contributed by atoms with Crippen LogP contribution < -0.4 is 0 Å². The predicted octanol–water partition coefficient (Wildman–Crippen LogP) is 3.66. The van der Waals surface area contributed by atoms with Crippen LogP contribution >= 0.6 is 0 Å². The van der Waals surface area contributed by atoms with Gasteiger partial charge in [0, 0.05) is 0 Å². The van der Waals surface area contributed by atoms with E-state index < -0.39 is 0 Å². The van der Waals surface area contributed by atoms with Gasteiger partial charge in [-0.15, -0.1) is 0 Å². The van der Waals surface area contributed by atoms with Gasteiger partial charge in [-0.2, -0.15) is 0 Å². The van der Waals surface area contributed by atoms with E-state index in [0.29, 0.717) is 0 Å². The van der Waals surface area contributed by atoms with E-state index in [2.05, 4.69) is 30.7 Å². The van der Waals surface area contributed by atoms with Gasteiger partial charge < -0.3 is 0 Å². The van der Waals surface area contributed by atoms with E-state index in [9.17, 15) is 0 Å². The highest BCUT2D eigenvalue weighted by atomic mass is 13.9.